The van der Waals surface area contributed by atoms with E-state index in [-0.39, 0.29) is 12.2 Å². The van der Waals surface area contributed by atoms with Gasteiger partial charge in [-0.05, 0) is 44.1 Å². The van der Waals surface area contributed by atoms with Gasteiger partial charge in [0.05, 0.1) is 5.60 Å². The van der Waals surface area contributed by atoms with Gasteiger partial charge in [0.1, 0.15) is 0 Å². The van der Waals surface area contributed by atoms with E-state index in [0.29, 0.717) is 6.32 Å². The number of likely N-dealkylation sites (tertiary alicyclic amines) is 1. The highest BCUT2D eigenvalue weighted by atomic mass is 16.4. The summed E-state index contributed by atoms with van der Waals surface area (Å²) >= 11 is 0. The first kappa shape index (κ1) is 24.5. The summed E-state index contributed by atoms with van der Waals surface area (Å²) < 4.78 is 0. The summed E-state index contributed by atoms with van der Waals surface area (Å²) in [6.07, 6.45) is 6.67. The number of hydrogen-bond acceptors (Lipinski definition) is 7. The van der Waals surface area contributed by atoms with Crippen LogP contribution >= 0.6 is 0 Å². The second-order valence-electron chi connectivity index (χ2n) is 7.63. The first-order chi connectivity index (χ1) is 13.4. The van der Waals surface area contributed by atoms with Gasteiger partial charge in [0.2, 0.25) is 0 Å². The molecule has 2 rings (SSSR count). The number of nitrogens with two attached hydrogens (primary N) is 1. The van der Waals surface area contributed by atoms with E-state index in [1.54, 1.807) is 0 Å². The van der Waals surface area contributed by atoms with Gasteiger partial charge >= 0.3 is 13.3 Å². The highest BCUT2D eigenvalue weighted by Gasteiger charge is 2.32. The van der Waals surface area contributed by atoms with Crippen LogP contribution in [0.5, 0.6) is 0 Å². The van der Waals surface area contributed by atoms with Crippen molar-refractivity contribution in [2.75, 3.05) is 19.6 Å². The number of carbonyl (C=O) groups excluding carboxylic acids is 2. The summed E-state index contributed by atoms with van der Waals surface area (Å²) in [7, 11) is -1.20. The molecule has 7 nitrogen and oxygen atoms in total. The van der Waals surface area contributed by atoms with E-state index in [0.717, 1.165) is 64.6 Å². The lowest BCUT2D eigenvalue weighted by atomic mass is 9.83. The Morgan fingerprint density at radius 3 is 2.29 bits per heavy atom. The molecule has 1 aliphatic heterocycles. The molecule has 1 aromatic rings. The zero-order valence-corrected chi connectivity index (χ0v) is 16.5. The summed E-state index contributed by atoms with van der Waals surface area (Å²) in [6, 6.07) is 10.4. The molecule has 1 aliphatic rings. The van der Waals surface area contributed by atoms with E-state index >= 15 is 0 Å². The van der Waals surface area contributed by atoms with Gasteiger partial charge in [-0.3, -0.25) is 0 Å². The molecule has 0 aromatic heterocycles. The Bertz CT molecular complexity index is 559. The maximum absolute atomic E-state index is 10.8. The average molecular weight is 392 g/mol. The van der Waals surface area contributed by atoms with Gasteiger partial charge in [0, 0.05) is 25.6 Å². The first-order valence-electron chi connectivity index (χ1n) is 9.98. The number of aliphatic hydroxyl groups is 1. The largest absolute Gasteiger partial charge is 0.451 e. The van der Waals surface area contributed by atoms with Crippen LogP contribution in [0.3, 0.4) is 0 Å². The smallest absolute Gasteiger partial charge is 0.427 e. The van der Waals surface area contributed by atoms with Crippen LogP contribution < -0.4 is 5.73 Å². The quantitative estimate of drug-likeness (QED) is 0.343. The Morgan fingerprint density at radius 1 is 1.11 bits per heavy atom. The number of piperidine rings is 1. The van der Waals surface area contributed by atoms with Crippen molar-refractivity contribution < 1.29 is 24.7 Å². The monoisotopic (exact) mass is 392 g/mol. The van der Waals surface area contributed by atoms with E-state index in [9.17, 15) is 5.11 Å². The fourth-order valence-corrected chi connectivity index (χ4v) is 3.57. The van der Waals surface area contributed by atoms with Crippen LogP contribution in [0.2, 0.25) is 6.32 Å². The molecule has 0 amide bonds. The minimum Gasteiger partial charge on any atom is -0.427 e. The highest BCUT2D eigenvalue weighted by molar-refractivity contribution is 6.40. The lowest BCUT2D eigenvalue weighted by Crippen LogP contribution is -2.46. The predicted molar refractivity (Wildman–Crippen MR) is 107 cm³/mol. The summed E-state index contributed by atoms with van der Waals surface area (Å²) in [5, 5.41) is 28.5. The fraction of sp³-hybridized carbons (Fsp3) is 0.650. The molecular weight excluding hydrogens is 359 g/mol. The standard InChI is InChI=1S/C19H33BN2O3.CO2/c21-18(8-4-5-12-20(24)25)9-13-22-14-10-19(23,11-15-22)16-17-6-2-1-3-7-17;2-1-3/h1-3,6-7,18,23-25H,4-5,8-16,21H2;. The third-order valence-corrected chi connectivity index (χ3v) is 5.27. The minimum absolute atomic E-state index is 0.168. The second-order valence-corrected chi connectivity index (χ2v) is 7.63. The Hall–Kier alpha value is -1.54. The molecule has 28 heavy (non-hydrogen) atoms. The van der Waals surface area contributed by atoms with Crippen LogP contribution in [0, 0.1) is 0 Å². The molecule has 1 heterocycles. The van der Waals surface area contributed by atoms with Gasteiger partial charge in [0.25, 0.3) is 0 Å². The van der Waals surface area contributed by atoms with Crippen molar-refractivity contribution in [3.05, 3.63) is 35.9 Å². The molecule has 1 unspecified atom stereocenters. The Labute approximate surface area is 167 Å². The predicted octanol–water partition coefficient (Wildman–Crippen LogP) is 0.833. The number of unbranched alkanes of at least 4 members (excludes halogenated alkanes) is 1. The molecule has 0 bridgehead atoms. The van der Waals surface area contributed by atoms with Crippen molar-refractivity contribution >= 4 is 13.3 Å². The molecule has 0 saturated carbocycles. The number of nitrogens with zero attached hydrogens (tertiary/aromatic N) is 1. The number of benzene rings is 1. The first-order valence-corrected chi connectivity index (χ1v) is 9.98. The van der Waals surface area contributed by atoms with Crippen LogP contribution in [0.1, 0.15) is 44.1 Å². The van der Waals surface area contributed by atoms with E-state index in [1.165, 1.54) is 5.56 Å². The van der Waals surface area contributed by atoms with Crippen LogP contribution in [0.25, 0.3) is 0 Å². The third kappa shape index (κ3) is 10.7. The van der Waals surface area contributed by atoms with E-state index in [1.807, 2.05) is 18.2 Å². The van der Waals surface area contributed by atoms with Gasteiger partial charge in [-0.25, -0.2) is 0 Å². The summed E-state index contributed by atoms with van der Waals surface area (Å²) in [5.41, 5.74) is 6.79. The Morgan fingerprint density at radius 2 is 1.71 bits per heavy atom. The van der Waals surface area contributed by atoms with Crippen LogP contribution in [-0.2, 0) is 16.0 Å². The van der Waals surface area contributed by atoms with Gasteiger partial charge < -0.3 is 25.8 Å². The van der Waals surface area contributed by atoms with Crippen molar-refractivity contribution in [2.45, 2.75) is 62.9 Å². The van der Waals surface area contributed by atoms with Crippen molar-refractivity contribution in [1.29, 1.82) is 0 Å². The number of hydrogen-bond donors (Lipinski definition) is 4. The van der Waals surface area contributed by atoms with Gasteiger partial charge in [-0.15, -0.1) is 0 Å². The van der Waals surface area contributed by atoms with E-state index < -0.39 is 12.7 Å². The van der Waals surface area contributed by atoms with Gasteiger partial charge in [-0.2, -0.15) is 9.59 Å². The molecule has 1 saturated heterocycles. The molecule has 1 fully saturated rings. The van der Waals surface area contributed by atoms with Gasteiger partial charge in [0.15, 0.2) is 0 Å². The zero-order chi connectivity index (χ0) is 20.8. The Balaban J connectivity index is 0.00000122. The summed E-state index contributed by atoms with van der Waals surface area (Å²) in [6.45, 7) is 2.82. The maximum atomic E-state index is 10.8. The highest BCUT2D eigenvalue weighted by Crippen LogP contribution is 2.26. The van der Waals surface area contributed by atoms with Crippen molar-refractivity contribution in [3.8, 4) is 0 Å². The molecule has 8 heteroatoms. The SMILES string of the molecule is NC(CCCCB(O)O)CCN1CCC(O)(Cc2ccccc2)CC1.O=C=O. The lowest BCUT2D eigenvalue weighted by Gasteiger charge is -2.38. The van der Waals surface area contributed by atoms with E-state index in [4.69, 9.17) is 25.4 Å². The topological polar surface area (TPSA) is 124 Å². The molecule has 1 atom stereocenters. The zero-order valence-electron chi connectivity index (χ0n) is 16.5. The molecule has 0 spiro atoms. The fourth-order valence-electron chi connectivity index (χ4n) is 3.57. The normalized spacial score (nSPS) is 17.1. The van der Waals surface area contributed by atoms with Crippen LogP contribution in [-0.4, -0.2) is 64.6 Å². The molecule has 156 valence electrons. The minimum atomic E-state index is -1.20. The molecule has 1 aromatic carbocycles. The number of rotatable bonds is 10. The summed E-state index contributed by atoms with van der Waals surface area (Å²) in [4.78, 5) is 18.6. The van der Waals surface area contributed by atoms with Crippen LogP contribution in [0.15, 0.2) is 30.3 Å². The van der Waals surface area contributed by atoms with Crippen molar-refractivity contribution in [3.63, 3.8) is 0 Å². The van der Waals surface area contributed by atoms with Gasteiger partial charge in [-0.1, -0.05) is 43.2 Å². The molecular formula is C20H33BN2O5. The van der Waals surface area contributed by atoms with Crippen molar-refractivity contribution in [2.24, 2.45) is 5.73 Å². The summed E-state index contributed by atoms with van der Waals surface area (Å²) in [5.74, 6) is 0. The second kappa shape index (κ2) is 13.6. The van der Waals surface area contributed by atoms with E-state index in [2.05, 4.69) is 17.0 Å². The maximum Gasteiger partial charge on any atom is 0.451 e. The molecule has 0 radical (unpaired) electrons. The Kier molecular flexibility index (Phi) is 11.9. The van der Waals surface area contributed by atoms with Crippen molar-refractivity contribution in [1.82, 2.24) is 4.90 Å². The molecule has 5 N–H and O–H groups in total. The third-order valence-electron chi connectivity index (χ3n) is 5.27. The van der Waals surface area contributed by atoms with Crippen LogP contribution in [0.4, 0.5) is 0 Å². The average Bonchev–Trinajstić information content (AvgIpc) is 2.66. The molecule has 0 aliphatic carbocycles. The lowest BCUT2D eigenvalue weighted by molar-refractivity contribution is -0.191.